The molecular weight excluding hydrogens is 252 g/mol. The highest BCUT2D eigenvalue weighted by Crippen LogP contribution is 2.36. The van der Waals surface area contributed by atoms with E-state index in [1.54, 1.807) is 0 Å². The second-order valence-electron chi connectivity index (χ2n) is 5.85. The zero-order chi connectivity index (χ0) is 14.3. The maximum atomic E-state index is 13.2. The molecule has 19 heavy (non-hydrogen) atoms. The van der Waals surface area contributed by atoms with E-state index in [0.717, 1.165) is 19.4 Å². The minimum absolute atomic E-state index is 0.00850. The quantitative estimate of drug-likeness (QED) is 0.669. The Morgan fingerprint density at radius 1 is 1.47 bits per heavy atom. The predicted molar refractivity (Wildman–Crippen MR) is 70.4 cm³/mol. The van der Waals surface area contributed by atoms with E-state index in [-0.39, 0.29) is 25.2 Å². The fourth-order valence-corrected chi connectivity index (χ4v) is 2.62. The maximum absolute atomic E-state index is 13.2. The van der Waals surface area contributed by atoms with E-state index in [1.807, 2.05) is 6.92 Å². The number of alkyl halides is 2. The number of aliphatic carboxylic acids is 1. The number of hydrogen-bond donors (Lipinski definition) is 2. The summed E-state index contributed by atoms with van der Waals surface area (Å²) in [6.45, 7) is 3.46. The van der Waals surface area contributed by atoms with Gasteiger partial charge in [0.15, 0.2) is 0 Å². The molecule has 0 spiro atoms. The molecule has 1 aliphatic carbocycles. The van der Waals surface area contributed by atoms with Crippen LogP contribution in [0.1, 0.15) is 51.9 Å². The van der Waals surface area contributed by atoms with Crippen LogP contribution in [0.3, 0.4) is 0 Å². The Labute approximate surface area is 113 Å². The molecule has 112 valence electrons. The van der Waals surface area contributed by atoms with Gasteiger partial charge in [-0.3, -0.25) is 4.79 Å². The zero-order valence-electron chi connectivity index (χ0n) is 11.6. The smallest absolute Gasteiger partial charge is 0.303 e. The van der Waals surface area contributed by atoms with Crippen LogP contribution in [0.4, 0.5) is 8.78 Å². The Morgan fingerprint density at radius 3 is 2.84 bits per heavy atom. The molecule has 1 saturated carbocycles. The van der Waals surface area contributed by atoms with Crippen molar-refractivity contribution in [2.75, 3.05) is 13.1 Å². The number of carboxylic acid groups (broad SMARTS) is 1. The lowest BCUT2D eigenvalue weighted by Gasteiger charge is -2.29. The van der Waals surface area contributed by atoms with E-state index in [1.165, 1.54) is 0 Å². The van der Waals surface area contributed by atoms with Crippen LogP contribution in [0.25, 0.3) is 0 Å². The highest BCUT2D eigenvalue weighted by atomic mass is 19.3. The predicted octanol–water partition coefficient (Wildman–Crippen LogP) is 3.29. The summed E-state index contributed by atoms with van der Waals surface area (Å²) in [6.07, 6.45) is 3.33. The SMILES string of the molecule is CC(CCNCC1CCCC(F)(F)C1)CCC(=O)O. The van der Waals surface area contributed by atoms with E-state index >= 15 is 0 Å². The van der Waals surface area contributed by atoms with Crippen molar-refractivity contribution in [2.24, 2.45) is 11.8 Å². The number of carboxylic acids is 1. The van der Waals surface area contributed by atoms with E-state index in [2.05, 4.69) is 5.32 Å². The molecule has 0 heterocycles. The first-order valence-electron chi connectivity index (χ1n) is 7.19. The van der Waals surface area contributed by atoms with Crippen molar-refractivity contribution < 1.29 is 18.7 Å². The van der Waals surface area contributed by atoms with Gasteiger partial charge in [-0.25, -0.2) is 8.78 Å². The maximum Gasteiger partial charge on any atom is 0.303 e. The third-order valence-corrected chi connectivity index (χ3v) is 3.84. The highest BCUT2D eigenvalue weighted by Gasteiger charge is 2.35. The Hall–Kier alpha value is -0.710. The molecule has 0 amide bonds. The lowest BCUT2D eigenvalue weighted by Crippen LogP contribution is -2.33. The fraction of sp³-hybridized carbons (Fsp3) is 0.929. The second kappa shape index (κ2) is 7.78. The van der Waals surface area contributed by atoms with E-state index in [0.29, 0.717) is 25.3 Å². The summed E-state index contributed by atoms with van der Waals surface area (Å²) in [4.78, 5) is 10.4. The van der Waals surface area contributed by atoms with Crippen LogP contribution in [0.15, 0.2) is 0 Å². The van der Waals surface area contributed by atoms with E-state index in [9.17, 15) is 13.6 Å². The zero-order valence-corrected chi connectivity index (χ0v) is 11.6. The normalized spacial score (nSPS) is 24.1. The molecule has 1 fully saturated rings. The van der Waals surface area contributed by atoms with Crippen LogP contribution in [-0.2, 0) is 4.79 Å². The summed E-state index contributed by atoms with van der Waals surface area (Å²) in [6, 6.07) is 0. The Kier molecular flexibility index (Phi) is 6.69. The molecule has 0 aromatic rings. The summed E-state index contributed by atoms with van der Waals surface area (Å²) in [7, 11) is 0. The Balaban J connectivity index is 2.05. The Morgan fingerprint density at radius 2 is 2.21 bits per heavy atom. The molecule has 0 saturated heterocycles. The number of hydrogen-bond acceptors (Lipinski definition) is 2. The molecular formula is C14H25F2NO2. The van der Waals surface area contributed by atoms with Crippen molar-refractivity contribution in [1.82, 2.24) is 5.32 Å². The van der Waals surface area contributed by atoms with Gasteiger partial charge in [0, 0.05) is 19.3 Å². The first kappa shape index (κ1) is 16.3. The molecule has 0 aliphatic heterocycles. The minimum Gasteiger partial charge on any atom is -0.481 e. The Bertz CT molecular complexity index is 285. The largest absolute Gasteiger partial charge is 0.481 e. The average molecular weight is 277 g/mol. The van der Waals surface area contributed by atoms with Crippen molar-refractivity contribution in [2.45, 2.75) is 57.8 Å². The summed E-state index contributed by atoms with van der Waals surface area (Å²) in [5.74, 6) is -2.79. The van der Waals surface area contributed by atoms with Crippen molar-refractivity contribution in [3.05, 3.63) is 0 Å². The second-order valence-corrected chi connectivity index (χ2v) is 5.85. The molecule has 1 rings (SSSR count). The van der Waals surface area contributed by atoms with Gasteiger partial charge in [0.2, 0.25) is 5.92 Å². The molecule has 3 nitrogen and oxygen atoms in total. The van der Waals surface area contributed by atoms with Crippen molar-refractivity contribution >= 4 is 5.97 Å². The van der Waals surface area contributed by atoms with E-state index < -0.39 is 11.9 Å². The third-order valence-electron chi connectivity index (χ3n) is 3.84. The van der Waals surface area contributed by atoms with Gasteiger partial charge in [0.25, 0.3) is 0 Å². The summed E-state index contributed by atoms with van der Waals surface area (Å²) >= 11 is 0. The molecule has 0 radical (unpaired) electrons. The van der Waals surface area contributed by atoms with Gasteiger partial charge in [-0.2, -0.15) is 0 Å². The molecule has 2 atom stereocenters. The van der Waals surface area contributed by atoms with Crippen molar-refractivity contribution in [1.29, 1.82) is 0 Å². The summed E-state index contributed by atoms with van der Waals surface area (Å²) in [5, 5.41) is 11.8. The third kappa shape index (κ3) is 7.45. The van der Waals surface area contributed by atoms with E-state index in [4.69, 9.17) is 5.11 Å². The van der Waals surface area contributed by atoms with Crippen LogP contribution >= 0.6 is 0 Å². The molecule has 0 bridgehead atoms. The number of halogens is 2. The lowest BCUT2D eigenvalue weighted by atomic mass is 9.86. The van der Waals surface area contributed by atoms with Crippen LogP contribution in [-0.4, -0.2) is 30.1 Å². The minimum atomic E-state index is -2.47. The van der Waals surface area contributed by atoms with Crippen molar-refractivity contribution in [3.63, 3.8) is 0 Å². The summed E-state index contributed by atoms with van der Waals surface area (Å²) in [5.41, 5.74) is 0. The van der Waals surface area contributed by atoms with Crippen LogP contribution < -0.4 is 5.32 Å². The lowest BCUT2D eigenvalue weighted by molar-refractivity contribution is -0.137. The van der Waals surface area contributed by atoms with Gasteiger partial charge < -0.3 is 10.4 Å². The molecule has 1 aliphatic rings. The molecule has 0 aromatic heterocycles. The van der Waals surface area contributed by atoms with Gasteiger partial charge in [-0.05, 0) is 50.6 Å². The number of rotatable bonds is 8. The standard InChI is InChI=1S/C14H25F2NO2/c1-11(4-5-13(18)19)6-8-17-10-12-3-2-7-14(15,16)9-12/h11-12,17H,2-10H2,1H3,(H,18,19). The highest BCUT2D eigenvalue weighted by molar-refractivity contribution is 5.66. The van der Waals surface area contributed by atoms with Gasteiger partial charge >= 0.3 is 5.97 Å². The number of carbonyl (C=O) groups is 1. The van der Waals surface area contributed by atoms with Gasteiger partial charge in [0.05, 0.1) is 0 Å². The van der Waals surface area contributed by atoms with Crippen LogP contribution in [0, 0.1) is 11.8 Å². The van der Waals surface area contributed by atoms with Gasteiger partial charge in [-0.15, -0.1) is 0 Å². The number of nitrogens with one attached hydrogen (secondary N) is 1. The average Bonchev–Trinajstić information content (AvgIpc) is 2.31. The summed E-state index contributed by atoms with van der Waals surface area (Å²) < 4.78 is 26.4. The molecule has 2 N–H and O–H groups in total. The first-order valence-corrected chi connectivity index (χ1v) is 7.19. The topological polar surface area (TPSA) is 49.3 Å². The van der Waals surface area contributed by atoms with Gasteiger partial charge in [-0.1, -0.05) is 6.92 Å². The molecule has 5 heteroatoms. The van der Waals surface area contributed by atoms with Gasteiger partial charge in [0.1, 0.15) is 0 Å². The van der Waals surface area contributed by atoms with Crippen LogP contribution in [0.5, 0.6) is 0 Å². The first-order chi connectivity index (χ1) is 8.89. The molecule has 2 unspecified atom stereocenters. The monoisotopic (exact) mass is 277 g/mol. The van der Waals surface area contributed by atoms with Crippen LogP contribution in [0.2, 0.25) is 0 Å². The molecule has 0 aromatic carbocycles. The van der Waals surface area contributed by atoms with Crippen molar-refractivity contribution in [3.8, 4) is 0 Å². The fourth-order valence-electron chi connectivity index (χ4n) is 2.62.